The maximum Gasteiger partial charge on any atom is 0.136 e. The monoisotopic (exact) mass is 357 g/mol. The highest BCUT2D eigenvalue weighted by Gasteiger charge is 2.08. The van der Waals surface area contributed by atoms with Crippen LogP contribution in [-0.4, -0.2) is 4.99 Å². The van der Waals surface area contributed by atoms with Gasteiger partial charge in [-0.15, -0.1) is 0 Å². The second-order valence-electron chi connectivity index (χ2n) is 4.03. The average molecular weight is 358 g/mol. The van der Waals surface area contributed by atoms with E-state index in [0.29, 0.717) is 21.3 Å². The van der Waals surface area contributed by atoms with Gasteiger partial charge in [0.1, 0.15) is 29.0 Å². The number of benzene rings is 2. The molecule has 0 saturated heterocycles. The molecule has 0 aliphatic heterocycles. The molecule has 0 aliphatic carbocycles. The van der Waals surface area contributed by atoms with Crippen LogP contribution in [0.2, 0.25) is 0 Å². The third kappa shape index (κ3) is 3.52. The van der Waals surface area contributed by atoms with Gasteiger partial charge in [0.15, 0.2) is 0 Å². The van der Waals surface area contributed by atoms with E-state index in [2.05, 4.69) is 15.9 Å². The Labute approximate surface area is 128 Å². The average Bonchev–Trinajstić information content (AvgIpc) is 2.40. The van der Waals surface area contributed by atoms with Crippen LogP contribution < -0.4 is 10.5 Å². The summed E-state index contributed by atoms with van der Waals surface area (Å²) in [7, 11) is 0. The summed E-state index contributed by atoms with van der Waals surface area (Å²) < 4.78 is 32.9. The van der Waals surface area contributed by atoms with Crippen molar-refractivity contribution in [3.63, 3.8) is 0 Å². The zero-order valence-electron chi connectivity index (χ0n) is 10.2. The van der Waals surface area contributed by atoms with Crippen molar-refractivity contribution in [1.29, 1.82) is 0 Å². The van der Waals surface area contributed by atoms with Crippen LogP contribution in [0.15, 0.2) is 40.9 Å². The predicted octanol–water partition coefficient (Wildman–Crippen LogP) is 3.94. The lowest BCUT2D eigenvalue weighted by molar-refractivity contribution is 0.296. The van der Waals surface area contributed by atoms with E-state index < -0.39 is 11.6 Å². The van der Waals surface area contributed by atoms with Gasteiger partial charge in [-0.1, -0.05) is 24.4 Å². The lowest BCUT2D eigenvalue weighted by atomic mass is 10.1. The van der Waals surface area contributed by atoms with Crippen molar-refractivity contribution < 1.29 is 13.5 Å². The molecule has 0 aliphatic rings. The Morgan fingerprint density at radius 1 is 1.20 bits per heavy atom. The molecule has 0 heterocycles. The zero-order valence-corrected chi connectivity index (χ0v) is 12.6. The highest BCUT2D eigenvalue weighted by molar-refractivity contribution is 9.10. The van der Waals surface area contributed by atoms with Crippen molar-refractivity contribution in [3.05, 3.63) is 63.6 Å². The predicted molar refractivity (Wildman–Crippen MR) is 80.7 cm³/mol. The molecule has 0 unspecified atom stereocenters. The number of hydrogen-bond donors (Lipinski definition) is 1. The van der Waals surface area contributed by atoms with Gasteiger partial charge in [-0.3, -0.25) is 0 Å². The third-order valence-electron chi connectivity index (χ3n) is 2.61. The first kappa shape index (κ1) is 14.9. The second-order valence-corrected chi connectivity index (χ2v) is 5.33. The number of halogens is 3. The minimum absolute atomic E-state index is 0.0223. The van der Waals surface area contributed by atoms with Crippen LogP contribution in [0.5, 0.6) is 5.75 Å². The van der Waals surface area contributed by atoms with Gasteiger partial charge in [0.25, 0.3) is 0 Å². The third-order valence-corrected chi connectivity index (χ3v) is 3.50. The van der Waals surface area contributed by atoms with Crippen LogP contribution in [0, 0.1) is 11.6 Å². The molecule has 2 rings (SSSR count). The summed E-state index contributed by atoms with van der Waals surface area (Å²) in [5.41, 5.74) is 6.21. The molecular weight excluding hydrogens is 348 g/mol. The molecule has 0 aromatic heterocycles. The lowest BCUT2D eigenvalue weighted by Crippen LogP contribution is -2.10. The molecule has 0 fully saturated rings. The van der Waals surface area contributed by atoms with Crippen molar-refractivity contribution >= 4 is 33.1 Å². The van der Waals surface area contributed by atoms with Crippen LogP contribution in [-0.2, 0) is 6.61 Å². The second kappa shape index (κ2) is 6.28. The molecular formula is C14H10BrF2NOS. The van der Waals surface area contributed by atoms with E-state index in [0.717, 1.165) is 0 Å². The topological polar surface area (TPSA) is 35.2 Å². The Bertz CT molecular complexity index is 664. The largest absolute Gasteiger partial charge is 0.488 e. The van der Waals surface area contributed by atoms with Crippen LogP contribution in [0.25, 0.3) is 0 Å². The molecule has 0 bridgehead atoms. The maximum atomic E-state index is 13.8. The fourth-order valence-electron chi connectivity index (χ4n) is 1.56. The van der Waals surface area contributed by atoms with E-state index >= 15 is 0 Å². The normalized spacial score (nSPS) is 10.3. The number of thiocarbonyl (C=S) groups is 1. The van der Waals surface area contributed by atoms with E-state index in [-0.39, 0.29) is 11.6 Å². The minimum atomic E-state index is -0.470. The first-order valence-electron chi connectivity index (χ1n) is 5.63. The molecule has 20 heavy (non-hydrogen) atoms. The summed E-state index contributed by atoms with van der Waals surface area (Å²) in [4.78, 5) is 0.129. The van der Waals surface area contributed by atoms with Crippen molar-refractivity contribution in [2.45, 2.75) is 6.61 Å². The van der Waals surface area contributed by atoms with Crippen molar-refractivity contribution in [2.75, 3.05) is 0 Å². The van der Waals surface area contributed by atoms with Gasteiger partial charge in [0.05, 0.1) is 4.47 Å². The Balaban J connectivity index is 2.15. The van der Waals surface area contributed by atoms with Crippen molar-refractivity contribution in [3.8, 4) is 5.75 Å². The SMILES string of the molecule is NC(=S)c1ccc(COc2cc(F)ccc2Br)c(F)c1. The molecule has 104 valence electrons. The first-order chi connectivity index (χ1) is 9.47. The van der Waals surface area contributed by atoms with Gasteiger partial charge >= 0.3 is 0 Å². The molecule has 0 spiro atoms. The highest BCUT2D eigenvalue weighted by Crippen LogP contribution is 2.26. The molecule has 6 heteroatoms. The van der Waals surface area contributed by atoms with Gasteiger partial charge in [-0.25, -0.2) is 8.78 Å². The summed E-state index contributed by atoms with van der Waals surface area (Å²) in [5.74, 6) is -0.585. The maximum absolute atomic E-state index is 13.8. The van der Waals surface area contributed by atoms with Gasteiger partial charge in [-0.2, -0.15) is 0 Å². The van der Waals surface area contributed by atoms with Crippen LogP contribution in [0.3, 0.4) is 0 Å². The fourth-order valence-corrected chi connectivity index (χ4v) is 2.05. The summed E-state index contributed by atoms with van der Waals surface area (Å²) in [6.07, 6.45) is 0. The van der Waals surface area contributed by atoms with E-state index in [9.17, 15) is 8.78 Å². The number of nitrogens with two attached hydrogens (primary N) is 1. The van der Waals surface area contributed by atoms with Crippen molar-refractivity contribution in [1.82, 2.24) is 0 Å². The van der Waals surface area contributed by atoms with Gasteiger partial charge in [0.2, 0.25) is 0 Å². The molecule has 2 aromatic rings. The molecule has 2 N–H and O–H groups in total. The Morgan fingerprint density at radius 2 is 1.95 bits per heavy atom. The smallest absolute Gasteiger partial charge is 0.136 e. The first-order valence-corrected chi connectivity index (χ1v) is 6.83. The highest BCUT2D eigenvalue weighted by atomic mass is 79.9. The number of rotatable bonds is 4. The molecule has 0 radical (unpaired) electrons. The summed E-state index contributed by atoms with van der Waals surface area (Å²) in [6.45, 7) is -0.0223. The van der Waals surface area contributed by atoms with E-state index in [1.165, 1.54) is 30.3 Å². The molecule has 0 amide bonds. The standard InChI is InChI=1S/C14H10BrF2NOS/c15-11-4-3-10(16)6-13(11)19-7-9-2-1-8(14(18)20)5-12(9)17/h1-6H,7H2,(H2,18,20). The summed E-state index contributed by atoms with van der Waals surface area (Å²) in [5, 5.41) is 0. The van der Waals surface area contributed by atoms with E-state index in [4.69, 9.17) is 22.7 Å². The summed E-state index contributed by atoms with van der Waals surface area (Å²) in [6, 6.07) is 8.46. The minimum Gasteiger partial charge on any atom is -0.488 e. The van der Waals surface area contributed by atoms with Crippen molar-refractivity contribution in [2.24, 2.45) is 5.73 Å². The van der Waals surface area contributed by atoms with Gasteiger partial charge in [0, 0.05) is 17.2 Å². The molecule has 2 aromatic carbocycles. The van der Waals surface area contributed by atoms with Gasteiger partial charge < -0.3 is 10.5 Å². The fraction of sp³-hybridized carbons (Fsp3) is 0.0714. The lowest BCUT2D eigenvalue weighted by Gasteiger charge is -2.10. The zero-order chi connectivity index (χ0) is 14.7. The van der Waals surface area contributed by atoms with Crippen LogP contribution in [0.4, 0.5) is 8.78 Å². The summed E-state index contributed by atoms with van der Waals surface area (Å²) >= 11 is 8.00. The molecule has 0 saturated carbocycles. The number of ether oxygens (including phenoxy) is 1. The van der Waals surface area contributed by atoms with Crippen LogP contribution in [0.1, 0.15) is 11.1 Å². The Kier molecular flexibility index (Phi) is 4.67. The Hall–Kier alpha value is -1.53. The van der Waals surface area contributed by atoms with E-state index in [1.807, 2.05) is 0 Å². The molecule has 0 atom stereocenters. The molecule has 2 nitrogen and oxygen atoms in total. The number of hydrogen-bond acceptors (Lipinski definition) is 2. The van der Waals surface area contributed by atoms with Crippen LogP contribution >= 0.6 is 28.1 Å². The quantitative estimate of drug-likeness (QED) is 0.841. The Morgan fingerprint density at radius 3 is 2.60 bits per heavy atom. The van der Waals surface area contributed by atoms with E-state index in [1.54, 1.807) is 6.07 Å². The van der Waals surface area contributed by atoms with Gasteiger partial charge in [-0.05, 0) is 34.1 Å².